The van der Waals surface area contributed by atoms with Gasteiger partial charge in [0.25, 0.3) is 0 Å². The van der Waals surface area contributed by atoms with E-state index in [4.69, 9.17) is 5.21 Å². The van der Waals surface area contributed by atoms with Gasteiger partial charge in [-0.25, -0.2) is 9.97 Å². The molecule has 0 amide bonds. The first-order valence-corrected chi connectivity index (χ1v) is 3.10. The molecule has 0 saturated carbocycles. The molecule has 0 aliphatic carbocycles. The molecule has 2 aromatic rings. The molecule has 11 heavy (non-hydrogen) atoms. The minimum absolute atomic E-state index is 0.413. The van der Waals surface area contributed by atoms with Crippen LogP contribution in [0.15, 0.2) is 18.6 Å². The second-order valence-electron chi connectivity index (χ2n) is 2.07. The van der Waals surface area contributed by atoms with Crippen molar-refractivity contribution in [2.45, 2.75) is 0 Å². The number of H-pyrrole nitrogens is 1. The summed E-state index contributed by atoms with van der Waals surface area (Å²) >= 11 is 0. The highest BCUT2D eigenvalue weighted by Crippen LogP contribution is 2.15. The number of nitrogens with zero attached hydrogens (tertiary/aromatic N) is 2. The minimum Gasteiger partial charge on any atom is -0.346 e. The van der Waals surface area contributed by atoms with E-state index in [1.807, 2.05) is 5.48 Å². The molecule has 5 nitrogen and oxygen atoms in total. The van der Waals surface area contributed by atoms with E-state index in [-0.39, 0.29) is 0 Å². The molecule has 2 aromatic heterocycles. The molecular weight excluding hydrogens is 144 g/mol. The Morgan fingerprint density at radius 1 is 1.45 bits per heavy atom. The molecule has 0 spiro atoms. The summed E-state index contributed by atoms with van der Waals surface area (Å²) in [7, 11) is 0. The number of fused-ring (bicyclic) bond motifs is 1. The molecule has 0 unspecified atom stereocenters. The molecule has 0 fully saturated rings. The van der Waals surface area contributed by atoms with Crippen molar-refractivity contribution in [3.05, 3.63) is 18.6 Å². The molecule has 2 heterocycles. The molecule has 0 saturated heterocycles. The Morgan fingerprint density at radius 2 is 2.36 bits per heavy atom. The van der Waals surface area contributed by atoms with Gasteiger partial charge in [-0.1, -0.05) is 0 Å². The number of hydrogen-bond donors (Lipinski definition) is 3. The second-order valence-corrected chi connectivity index (χ2v) is 2.07. The van der Waals surface area contributed by atoms with Crippen molar-refractivity contribution in [1.82, 2.24) is 15.0 Å². The van der Waals surface area contributed by atoms with Crippen LogP contribution in [0, 0.1) is 0 Å². The predicted molar refractivity (Wildman–Crippen MR) is 39.3 cm³/mol. The molecule has 0 atom stereocenters. The maximum Gasteiger partial charge on any atom is 0.162 e. The summed E-state index contributed by atoms with van der Waals surface area (Å²) in [4.78, 5) is 10.6. The number of aromatic amines is 1. The van der Waals surface area contributed by atoms with Crippen LogP contribution in [0.25, 0.3) is 11.0 Å². The first kappa shape index (κ1) is 6.11. The Kier molecular flexibility index (Phi) is 1.23. The van der Waals surface area contributed by atoms with Crippen LogP contribution < -0.4 is 5.48 Å². The molecule has 0 bridgehead atoms. The third-order valence-corrected chi connectivity index (χ3v) is 1.46. The Morgan fingerprint density at radius 3 is 3.18 bits per heavy atom. The van der Waals surface area contributed by atoms with Crippen molar-refractivity contribution in [3.8, 4) is 0 Å². The number of anilines is 1. The van der Waals surface area contributed by atoms with E-state index in [0.717, 1.165) is 5.39 Å². The van der Waals surface area contributed by atoms with Crippen molar-refractivity contribution in [2.75, 3.05) is 5.48 Å². The average Bonchev–Trinajstić information content (AvgIpc) is 2.50. The summed E-state index contributed by atoms with van der Waals surface area (Å²) in [6.45, 7) is 0. The van der Waals surface area contributed by atoms with Gasteiger partial charge in [0, 0.05) is 6.20 Å². The zero-order chi connectivity index (χ0) is 7.68. The summed E-state index contributed by atoms with van der Waals surface area (Å²) in [5, 5.41) is 9.37. The molecule has 5 heteroatoms. The lowest BCUT2D eigenvalue weighted by Gasteiger charge is -1.96. The van der Waals surface area contributed by atoms with E-state index in [9.17, 15) is 0 Å². The molecular formula is C6H6N4O. The van der Waals surface area contributed by atoms with Crippen molar-refractivity contribution < 1.29 is 5.21 Å². The summed E-state index contributed by atoms with van der Waals surface area (Å²) in [5.41, 5.74) is 2.69. The van der Waals surface area contributed by atoms with Gasteiger partial charge in [0.15, 0.2) is 5.82 Å². The highest BCUT2D eigenvalue weighted by Gasteiger charge is 2.00. The fourth-order valence-electron chi connectivity index (χ4n) is 0.961. The van der Waals surface area contributed by atoms with E-state index in [1.54, 1.807) is 12.3 Å². The van der Waals surface area contributed by atoms with Crippen LogP contribution in [0.1, 0.15) is 0 Å². The molecule has 0 radical (unpaired) electrons. The maximum atomic E-state index is 8.60. The molecule has 3 N–H and O–H groups in total. The highest BCUT2D eigenvalue weighted by atomic mass is 16.5. The quantitative estimate of drug-likeness (QED) is 0.524. The summed E-state index contributed by atoms with van der Waals surface area (Å²) in [6, 6.07) is 1.79. The number of rotatable bonds is 1. The summed E-state index contributed by atoms with van der Waals surface area (Å²) < 4.78 is 0. The Labute approximate surface area is 62.1 Å². The largest absolute Gasteiger partial charge is 0.346 e. The number of nitrogens with one attached hydrogen (secondary N) is 2. The van der Waals surface area contributed by atoms with Gasteiger partial charge >= 0.3 is 0 Å². The Balaban J connectivity index is 2.79. The monoisotopic (exact) mass is 150 g/mol. The van der Waals surface area contributed by atoms with Crippen LogP contribution in [0.5, 0.6) is 0 Å². The normalized spacial score (nSPS) is 10.3. The first-order valence-electron chi connectivity index (χ1n) is 3.10. The van der Waals surface area contributed by atoms with Crippen LogP contribution in [0.3, 0.4) is 0 Å². The van der Waals surface area contributed by atoms with E-state index in [0.29, 0.717) is 11.5 Å². The number of aromatic nitrogens is 3. The van der Waals surface area contributed by atoms with Crippen LogP contribution in [-0.4, -0.2) is 20.2 Å². The fraction of sp³-hybridized carbons (Fsp3) is 0. The van der Waals surface area contributed by atoms with Gasteiger partial charge in [-0.15, -0.1) is 0 Å². The summed E-state index contributed by atoms with van der Waals surface area (Å²) in [6.07, 6.45) is 3.11. The zero-order valence-electron chi connectivity index (χ0n) is 5.57. The van der Waals surface area contributed by atoms with Gasteiger partial charge in [0.2, 0.25) is 0 Å². The van der Waals surface area contributed by atoms with E-state index in [1.165, 1.54) is 6.33 Å². The predicted octanol–water partition coefficient (Wildman–Crippen LogP) is 0.759. The first-order chi connectivity index (χ1) is 5.42. The molecule has 0 aliphatic rings. The van der Waals surface area contributed by atoms with Gasteiger partial charge in [-0.05, 0) is 6.07 Å². The number of hydrogen-bond acceptors (Lipinski definition) is 4. The van der Waals surface area contributed by atoms with E-state index < -0.39 is 0 Å². The topological polar surface area (TPSA) is 73.8 Å². The van der Waals surface area contributed by atoms with Crippen LogP contribution in [0.2, 0.25) is 0 Å². The van der Waals surface area contributed by atoms with Gasteiger partial charge in [0.05, 0.1) is 5.39 Å². The maximum absolute atomic E-state index is 8.60. The highest BCUT2D eigenvalue weighted by molar-refractivity contribution is 5.86. The summed E-state index contributed by atoms with van der Waals surface area (Å²) in [5.74, 6) is 0.413. The van der Waals surface area contributed by atoms with Crippen LogP contribution >= 0.6 is 0 Å². The Hall–Kier alpha value is -1.62. The second kappa shape index (κ2) is 2.21. The average molecular weight is 150 g/mol. The van der Waals surface area contributed by atoms with Crippen molar-refractivity contribution >= 4 is 16.9 Å². The van der Waals surface area contributed by atoms with Gasteiger partial charge in [0.1, 0.15) is 12.0 Å². The van der Waals surface area contributed by atoms with E-state index >= 15 is 0 Å². The smallest absolute Gasteiger partial charge is 0.162 e. The van der Waals surface area contributed by atoms with Gasteiger partial charge in [-0.2, -0.15) is 0 Å². The molecule has 0 aliphatic heterocycles. The van der Waals surface area contributed by atoms with E-state index in [2.05, 4.69) is 15.0 Å². The van der Waals surface area contributed by atoms with Crippen molar-refractivity contribution in [3.63, 3.8) is 0 Å². The molecule has 56 valence electrons. The Bertz CT molecular complexity index is 369. The van der Waals surface area contributed by atoms with Gasteiger partial charge < -0.3 is 4.98 Å². The lowest BCUT2D eigenvalue weighted by Crippen LogP contribution is -1.93. The zero-order valence-corrected chi connectivity index (χ0v) is 5.57. The van der Waals surface area contributed by atoms with Gasteiger partial charge in [-0.3, -0.25) is 10.7 Å². The van der Waals surface area contributed by atoms with Crippen LogP contribution in [0.4, 0.5) is 5.82 Å². The third-order valence-electron chi connectivity index (χ3n) is 1.46. The van der Waals surface area contributed by atoms with Crippen molar-refractivity contribution in [1.29, 1.82) is 0 Å². The fourth-order valence-corrected chi connectivity index (χ4v) is 0.961. The lowest BCUT2D eigenvalue weighted by atomic mass is 10.4. The third kappa shape index (κ3) is 0.821. The minimum atomic E-state index is 0.413. The molecule has 0 aromatic carbocycles. The lowest BCUT2D eigenvalue weighted by molar-refractivity contribution is 0.387. The SMILES string of the molecule is ONc1ncnc2[nH]ccc12. The molecule has 2 rings (SSSR count). The standard InChI is InChI=1S/C6H6N4O/c11-10-6-4-1-2-7-5(4)8-3-9-6/h1-3,11H,(H2,7,8,9,10). The van der Waals surface area contributed by atoms with Crippen LogP contribution in [-0.2, 0) is 0 Å². The van der Waals surface area contributed by atoms with Crippen molar-refractivity contribution in [2.24, 2.45) is 0 Å².